The number of nitrogens with one attached hydrogen (secondary N) is 1. The van der Waals surface area contributed by atoms with Gasteiger partial charge in [0.15, 0.2) is 11.5 Å². The van der Waals surface area contributed by atoms with Gasteiger partial charge in [0.25, 0.3) is 5.91 Å². The Balaban J connectivity index is 2.42. The van der Waals surface area contributed by atoms with Gasteiger partial charge in [-0.05, 0) is 49.4 Å². The van der Waals surface area contributed by atoms with E-state index in [0.717, 1.165) is 11.1 Å². The summed E-state index contributed by atoms with van der Waals surface area (Å²) in [6, 6.07) is 5.99. The molecular weight excluding hydrogens is 264 g/mol. The van der Waals surface area contributed by atoms with Crippen molar-refractivity contribution in [3.8, 4) is 11.3 Å². The first-order valence-corrected chi connectivity index (χ1v) is 7.30. The molecule has 0 aliphatic rings. The van der Waals surface area contributed by atoms with Crippen LogP contribution in [0.4, 0.5) is 0 Å². The molecule has 0 bridgehead atoms. The van der Waals surface area contributed by atoms with Gasteiger partial charge in [0.2, 0.25) is 0 Å². The Morgan fingerprint density at radius 2 is 1.95 bits per heavy atom. The summed E-state index contributed by atoms with van der Waals surface area (Å²) >= 11 is 0. The summed E-state index contributed by atoms with van der Waals surface area (Å²) < 4.78 is 5.36. The molecule has 2 aromatic rings. The molecule has 0 saturated carbocycles. The zero-order valence-corrected chi connectivity index (χ0v) is 13.3. The van der Waals surface area contributed by atoms with Crippen molar-refractivity contribution in [2.45, 2.75) is 40.5 Å². The van der Waals surface area contributed by atoms with Crippen molar-refractivity contribution in [3.63, 3.8) is 0 Å². The molecule has 21 heavy (non-hydrogen) atoms. The molecule has 0 unspecified atom stereocenters. The van der Waals surface area contributed by atoms with Crippen LogP contribution in [0.2, 0.25) is 0 Å². The van der Waals surface area contributed by atoms with Crippen LogP contribution in [0, 0.1) is 13.8 Å². The summed E-state index contributed by atoms with van der Waals surface area (Å²) in [6.07, 6.45) is 0. The lowest BCUT2D eigenvalue weighted by Crippen LogP contribution is -2.22. The van der Waals surface area contributed by atoms with Crippen LogP contribution in [0.3, 0.4) is 0 Å². The normalized spacial score (nSPS) is 11.0. The van der Waals surface area contributed by atoms with Gasteiger partial charge in [0.05, 0.1) is 0 Å². The Morgan fingerprint density at radius 3 is 2.57 bits per heavy atom. The predicted octanol–water partition coefficient (Wildman–Crippen LogP) is 3.83. The molecule has 0 aliphatic carbocycles. The van der Waals surface area contributed by atoms with Crippen LogP contribution in [0.15, 0.2) is 22.7 Å². The maximum Gasteiger partial charge on any atom is 0.273 e. The third kappa shape index (κ3) is 3.15. The Hall–Kier alpha value is -2.10. The van der Waals surface area contributed by atoms with E-state index in [4.69, 9.17) is 4.52 Å². The van der Waals surface area contributed by atoms with E-state index < -0.39 is 0 Å². The number of amides is 1. The lowest BCUT2D eigenvalue weighted by Gasteiger charge is -2.13. The molecule has 0 atom stereocenters. The SMILES string of the molecule is CCNC(=O)c1cc(-c2cc(C(C)C)c(C)cc2C)on1. The second-order valence-corrected chi connectivity index (χ2v) is 5.61. The van der Waals surface area contributed by atoms with Gasteiger partial charge in [0.1, 0.15) is 0 Å². The van der Waals surface area contributed by atoms with Crippen LogP contribution in [0.5, 0.6) is 0 Å². The molecule has 0 saturated heterocycles. The van der Waals surface area contributed by atoms with Crippen molar-refractivity contribution in [1.82, 2.24) is 10.5 Å². The Labute approximate surface area is 125 Å². The molecule has 112 valence electrons. The van der Waals surface area contributed by atoms with Gasteiger partial charge in [-0.15, -0.1) is 0 Å². The van der Waals surface area contributed by atoms with E-state index in [0.29, 0.717) is 23.9 Å². The molecule has 2 rings (SSSR count). The standard InChI is InChI=1S/C17H22N2O2/c1-6-18-17(20)15-9-16(21-19-15)14-8-13(10(2)3)11(4)7-12(14)5/h7-10H,6H2,1-5H3,(H,18,20). The van der Waals surface area contributed by atoms with Gasteiger partial charge < -0.3 is 9.84 Å². The molecule has 1 N–H and O–H groups in total. The summed E-state index contributed by atoms with van der Waals surface area (Å²) in [5.74, 6) is 0.868. The van der Waals surface area contributed by atoms with Crippen LogP contribution >= 0.6 is 0 Å². The third-order valence-electron chi connectivity index (χ3n) is 3.58. The number of benzene rings is 1. The molecular formula is C17H22N2O2. The number of nitrogens with zero attached hydrogens (tertiary/aromatic N) is 1. The average molecular weight is 286 g/mol. The zero-order chi connectivity index (χ0) is 15.6. The number of aromatic nitrogens is 1. The third-order valence-corrected chi connectivity index (χ3v) is 3.58. The molecule has 0 radical (unpaired) electrons. The molecule has 0 aliphatic heterocycles. The highest BCUT2D eigenvalue weighted by atomic mass is 16.5. The fourth-order valence-corrected chi connectivity index (χ4v) is 2.52. The number of hydrogen-bond acceptors (Lipinski definition) is 3. The van der Waals surface area contributed by atoms with E-state index >= 15 is 0 Å². The zero-order valence-electron chi connectivity index (χ0n) is 13.3. The number of carbonyl (C=O) groups is 1. The van der Waals surface area contributed by atoms with Crippen molar-refractivity contribution in [2.75, 3.05) is 6.54 Å². The highest BCUT2D eigenvalue weighted by Crippen LogP contribution is 2.30. The number of hydrogen-bond donors (Lipinski definition) is 1. The lowest BCUT2D eigenvalue weighted by atomic mass is 9.92. The van der Waals surface area contributed by atoms with Gasteiger partial charge in [-0.2, -0.15) is 0 Å². The van der Waals surface area contributed by atoms with E-state index in [1.165, 1.54) is 11.1 Å². The summed E-state index contributed by atoms with van der Waals surface area (Å²) in [6.45, 7) is 10.9. The molecule has 0 fully saturated rings. The van der Waals surface area contributed by atoms with Gasteiger partial charge in [0, 0.05) is 18.2 Å². The fourth-order valence-electron chi connectivity index (χ4n) is 2.52. The Bertz CT molecular complexity index is 657. The topological polar surface area (TPSA) is 55.1 Å². The van der Waals surface area contributed by atoms with Gasteiger partial charge >= 0.3 is 0 Å². The van der Waals surface area contributed by atoms with E-state index in [1.807, 2.05) is 13.8 Å². The highest BCUT2D eigenvalue weighted by Gasteiger charge is 2.16. The van der Waals surface area contributed by atoms with Crippen LogP contribution < -0.4 is 5.32 Å². The Kier molecular flexibility index (Phi) is 4.46. The van der Waals surface area contributed by atoms with E-state index in [1.54, 1.807) is 6.07 Å². The lowest BCUT2D eigenvalue weighted by molar-refractivity contribution is 0.0947. The molecule has 1 aromatic heterocycles. The molecule has 0 spiro atoms. The first-order valence-electron chi connectivity index (χ1n) is 7.30. The second kappa shape index (κ2) is 6.12. The monoisotopic (exact) mass is 286 g/mol. The number of rotatable bonds is 4. The maximum atomic E-state index is 11.8. The molecule has 4 nitrogen and oxygen atoms in total. The molecule has 4 heteroatoms. The summed E-state index contributed by atoms with van der Waals surface area (Å²) in [4.78, 5) is 11.8. The van der Waals surface area contributed by atoms with Crippen LogP contribution in [0.25, 0.3) is 11.3 Å². The minimum atomic E-state index is -0.207. The van der Waals surface area contributed by atoms with Crippen LogP contribution in [0.1, 0.15) is 53.9 Å². The van der Waals surface area contributed by atoms with Gasteiger partial charge in [-0.25, -0.2) is 0 Å². The van der Waals surface area contributed by atoms with E-state index in [9.17, 15) is 4.79 Å². The van der Waals surface area contributed by atoms with Crippen LogP contribution in [-0.4, -0.2) is 17.6 Å². The van der Waals surface area contributed by atoms with Gasteiger partial charge in [-0.1, -0.05) is 25.1 Å². The largest absolute Gasteiger partial charge is 0.355 e. The minimum absolute atomic E-state index is 0.207. The summed E-state index contributed by atoms with van der Waals surface area (Å²) in [7, 11) is 0. The second-order valence-electron chi connectivity index (χ2n) is 5.61. The summed E-state index contributed by atoms with van der Waals surface area (Å²) in [5.41, 5.74) is 4.99. The molecule has 1 heterocycles. The predicted molar refractivity (Wildman–Crippen MR) is 83.5 cm³/mol. The molecule has 1 aromatic carbocycles. The van der Waals surface area contributed by atoms with Crippen molar-refractivity contribution >= 4 is 5.91 Å². The number of aryl methyl sites for hydroxylation is 2. The molecule has 1 amide bonds. The average Bonchev–Trinajstić information content (AvgIpc) is 2.88. The minimum Gasteiger partial charge on any atom is -0.355 e. The number of carbonyl (C=O) groups excluding carboxylic acids is 1. The van der Waals surface area contributed by atoms with E-state index in [2.05, 4.69) is 43.4 Å². The first-order chi connectivity index (χ1) is 9.93. The first kappa shape index (κ1) is 15.3. The van der Waals surface area contributed by atoms with Crippen LogP contribution in [-0.2, 0) is 0 Å². The fraction of sp³-hybridized carbons (Fsp3) is 0.412. The van der Waals surface area contributed by atoms with Crippen molar-refractivity contribution in [1.29, 1.82) is 0 Å². The van der Waals surface area contributed by atoms with E-state index in [-0.39, 0.29) is 5.91 Å². The van der Waals surface area contributed by atoms with Crippen molar-refractivity contribution in [2.24, 2.45) is 0 Å². The highest BCUT2D eigenvalue weighted by molar-refractivity contribution is 5.93. The van der Waals surface area contributed by atoms with Crippen molar-refractivity contribution in [3.05, 3.63) is 40.6 Å². The quantitative estimate of drug-likeness (QED) is 0.929. The van der Waals surface area contributed by atoms with Crippen molar-refractivity contribution < 1.29 is 9.32 Å². The van der Waals surface area contributed by atoms with Gasteiger partial charge in [-0.3, -0.25) is 4.79 Å². The maximum absolute atomic E-state index is 11.8. The Morgan fingerprint density at radius 1 is 1.24 bits per heavy atom. The summed E-state index contributed by atoms with van der Waals surface area (Å²) in [5, 5.41) is 6.58. The smallest absolute Gasteiger partial charge is 0.273 e.